The molecule has 0 aliphatic rings. The summed E-state index contributed by atoms with van der Waals surface area (Å²) in [5, 5.41) is 2.81. The maximum absolute atomic E-state index is 14.0. The van der Waals surface area contributed by atoms with Crippen LogP contribution in [0.15, 0.2) is 48.5 Å². The number of benzene rings is 2. The zero-order chi connectivity index (χ0) is 26.9. The molecule has 11 nitrogen and oxygen atoms in total. The van der Waals surface area contributed by atoms with Crippen molar-refractivity contribution in [2.75, 3.05) is 44.6 Å². The van der Waals surface area contributed by atoms with Crippen molar-refractivity contribution in [3.05, 3.63) is 64.7 Å². The summed E-state index contributed by atoms with van der Waals surface area (Å²) in [6.45, 7) is 2.83. The molecule has 1 aromatic heterocycles. The highest BCUT2D eigenvalue weighted by atomic mass is 32.1. The lowest BCUT2D eigenvalue weighted by Crippen LogP contribution is -2.44. The predicted molar refractivity (Wildman–Crippen MR) is 140 cm³/mol. The van der Waals surface area contributed by atoms with Crippen LogP contribution in [0.25, 0.3) is 0 Å². The molecule has 0 aliphatic carbocycles. The van der Waals surface area contributed by atoms with Crippen LogP contribution in [0, 0.1) is 0 Å². The molecule has 3 amide bonds. The monoisotopic (exact) mass is 527 g/mol. The summed E-state index contributed by atoms with van der Waals surface area (Å²) in [4.78, 5) is 40.6. The van der Waals surface area contributed by atoms with E-state index in [-0.39, 0.29) is 29.4 Å². The molecule has 0 spiro atoms. The summed E-state index contributed by atoms with van der Waals surface area (Å²) in [6.07, 6.45) is 0. The third kappa shape index (κ3) is 6.35. The van der Waals surface area contributed by atoms with Gasteiger partial charge in [0.25, 0.3) is 11.8 Å². The van der Waals surface area contributed by atoms with Gasteiger partial charge in [0.05, 0.1) is 26.0 Å². The summed E-state index contributed by atoms with van der Waals surface area (Å²) in [5.74, 6) is -0.766. The van der Waals surface area contributed by atoms with E-state index < -0.39 is 23.8 Å². The van der Waals surface area contributed by atoms with E-state index in [9.17, 15) is 14.4 Å². The Balaban J connectivity index is 2.16. The maximum atomic E-state index is 14.0. The Labute approximate surface area is 218 Å². The molecule has 0 radical (unpaired) electrons. The van der Waals surface area contributed by atoms with E-state index >= 15 is 0 Å². The number of rotatable bonds is 12. The molecule has 37 heavy (non-hydrogen) atoms. The van der Waals surface area contributed by atoms with Crippen molar-refractivity contribution in [1.29, 1.82) is 0 Å². The van der Waals surface area contributed by atoms with E-state index in [1.807, 2.05) is 6.92 Å². The first-order chi connectivity index (χ1) is 17.8. The molecular weight excluding hydrogens is 498 g/mol. The normalized spacial score (nSPS) is 11.4. The summed E-state index contributed by atoms with van der Waals surface area (Å²) in [7, 11) is 3.05. The predicted octanol–water partition coefficient (Wildman–Crippen LogP) is 2.38. The molecule has 0 fully saturated rings. The van der Waals surface area contributed by atoms with E-state index in [0.717, 1.165) is 11.5 Å². The van der Waals surface area contributed by atoms with E-state index in [1.54, 1.807) is 48.5 Å². The molecule has 2 aromatic carbocycles. The Hall–Kier alpha value is -4.16. The average molecular weight is 528 g/mol. The summed E-state index contributed by atoms with van der Waals surface area (Å²) < 4.78 is 19.8. The van der Waals surface area contributed by atoms with E-state index in [4.69, 9.17) is 25.7 Å². The summed E-state index contributed by atoms with van der Waals surface area (Å²) in [5.41, 5.74) is 12.0. The van der Waals surface area contributed by atoms with E-state index in [1.165, 1.54) is 19.1 Å². The quantitative estimate of drug-likeness (QED) is 0.303. The van der Waals surface area contributed by atoms with Crippen LogP contribution in [0.2, 0.25) is 0 Å². The number of nitrogen functional groups attached to an aromatic ring is 1. The molecule has 5 N–H and O–H groups in total. The van der Waals surface area contributed by atoms with Gasteiger partial charge < -0.3 is 31.0 Å². The van der Waals surface area contributed by atoms with Gasteiger partial charge in [-0.25, -0.2) is 0 Å². The molecular formula is C25H29N5O6S. The number of nitrogens with zero attached hydrogens (tertiary/aromatic N) is 2. The summed E-state index contributed by atoms with van der Waals surface area (Å²) in [6, 6.07) is 12.4. The Bertz CT molecular complexity index is 1230. The van der Waals surface area contributed by atoms with Crippen LogP contribution in [0.4, 0.5) is 11.4 Å². The number of primary amides is 1. The van der Waals surface area contributed by atoms with Crippen molar-refractivity contribution in [2.24, 2.45) is 5.73 Å². The van der Waals surface area contributed by atoms with Crippen LogP contribution < -0.4 is 31.2 Å². The first-order valence-electron chi connectivity index (χ1n) is 11.3. The Kier molecular flexibility index (Phi) is 9.41. The molecule has 1 heterocycles. The van der Waals surface area contributed by atoms with Crippen LogP contribution >= 0.6 is 11.5 Å². The number of carbonyl (C=O) groups is 3. The smallest absolute Gasteiger partial charge is 0.273 e. The van der Waals surface area contributed by atoms with Crippen LogP contribution in [0.3, 0.4) is 0 Å². The first kappa shape index (κ1) is 27.4. The lowest BCUT2D eigenvalue weighted by atomic mass is 10.0. The molecule has 0 saturated heterocycles. The fraction of sp³-hybridized carbons (Fsp3) is 0.280. The second-order valence-corrected chi connectivity index (χ2v) is 8.47. The maximum Gasteiger partial charge on any atom is 0.273 e. The third-order valence-electron chi connectivity index (χ3n) is 5.34. The Morgan fingerprint density at radius 3 is 2.24 bits per heavy atom. The fourth-order valence-electron chi connectivity index (χ4n) is 3.57. The number of carbonyl (C=O) groups excluding carboxylic acids is 3. The van der Waals surface area contributed by atoms with Crippen molar-refractivity contribution in [2.45, 2.75) is 13.0 Å². The van der Waals surface area contributed by atoms with Gasteiger partial charge in [0, 0.05) is 19.3 Å². The van der Waals surface area contributed by atoms with Gasteiger partial charge in [-0.15, -0.1) is 0 Å². The van der Waals surface area contributed by atoms with Gasteiger partial charge in [-0.3, -0.25) is 19.3 Å². The van der Waals surface area contributed by atoms with Gasteiger partial charge in [-0.2, -0.15) is 4.37 Å². The van der Waals surface area contributed by atoms with Crippen LogP contribution in [0.5, 0.6) is 11.5 Å². The number of nitrogens with two attached hydrogens (primary N) is 2. The standard InChI is InChI=1S/C25H29N5O6S/c1-4-36-18-11-7-16(8-12-18)30(25(33)22-19(26)20(23(27)31)29-37-22)21(24(32)28-13-14-34-2)15-5-9-17(35-3)10-6-15/h5-12,21H,4,13-14,26H2,1-3H3,(H2,27,31)(H,28,32)/t21-/m0/s1. The number of ether oxygens (including phenoxy) is 3. The minimum Gasteiger partial charge on any atom is -0.497 e. The van der Waals surface area contributed by atoms with Gasteiger partial charge in [-0.1, -0.05) is 12.1 Å². The Morgan fingerprint density at radius 1 is 1.05 bits per heavy atom. The molecule has 3 rings (SSSR count). The van der Waals surface area contributed by atoms with Gasteiger partial charge in [-0.05, 0) is 60.4 Å². The van der Waals surface area contributed by atoms with Gasteiger partial charge in [0.1, 0.15) is 22.4 Å². The number of nitrogens with one attached hydrogen (secondary N) is 1. The van der Waals surface area contributed by atoms with Crippen molar-refractivity contribution < 1.29 is 28.6 Å². The summed E-state index contributed by atoms with van der Waals surface area (Å²) >= 11 is 0.735. The number of aromatic nitrogens is 1. The van der Waals surface area contributed by atoms with E-state index in [0.29, 0.717) is 29.4 Å². The molecule has 196 valence electrons. The third-order valence-corrected chi connectivity index (χ3v) is 6.19. The minimum absolute atomic E-state index is 0.0223. The average Bonchev–Trinajstić information content (AvgIpc) is 3.29. The van der Waals surface area contributed by atoms with Crippen molar-refractivity contribution >= 4 is 40.6 Å². The topological polar surface area (TPSA) is 159 Å². The SMILES string of the molecule is CCOc1ccc(N(C(=O)c2snc(C(N)=O)c2N)[C@H](C(=O)NCCOC)c2ccc(OC)cc2)cc1. The first-order valence-corrected chi connectivity index (χ1v) is 12.1. The zero-order valence-electron chi connectivity index (χ0n) is 20.7. The Morgan fingerprint density at radius 2 is 1.70 bits per heavy atom. The minimum atomic E-state index is -1.12. The van der Waals surface area contributed by atoms with Gasteiger partial charge >= 0.3 is 0 Å². The number of amides is 3. The molecule has 0 saturated carbocycles. The highest BCUT2D eigenvalue weighted by molar-refractivity contribution is 7.09. The number of hydrogen-bond acceptors (Lipinski definition) is 9. The lowest BCUT2D eigenvalue weighted by molar-refractivity contribution is -0.122. The number of anilines is 2. The van der Waals surface area contributed by atoms with Gasteiger partial charge in [0.15, 0.2) is 5.69 Å². The molecule has 1 atom stereocenters. The molecule has 0 bridgehead atoms. The van der Waals surface area contributed by atoms with Crippen LogP contribution in [-0.2, 0) is 9.53 Å². The van der Waals surface area contributed by atoms with Crippen molar-refractivity contribution in [3.63, 3.8) is 0 Å². The molecule has 0 aliphatic heterocycles. The second-order valence-electron chi connectivity index (χ2n) is 7.70. The molecule has 12 heteroatoms. The van der Waals surface area contributed by atoms with Gasteiger partial charge in [0.2, 0.25) is 5.91 Å². The largest absolute Gasteiger partial charge is 0.497 e. The highest BCUT2D eigenvalue weighted by Crippen LogP contribution is 2.34. The van der Waals surface area contributed by atoms with E-state index in [2.05, 4.69) is 9.69 Å². The zero-order valence-corrected chi connectivity index (χ0v) is 21.5. The lowest BCUT2D eigenvalue weighted by Gasteiger charge is -2.31. The van der Waals surface area contributed by atoms with Crippen LogP contribution in [-0.4, -0.2) is 56.1 Å². The molecule has 3 aromatic rings. The van der Waals surface area contributed by atoms with Crippen LogP contribution in [0.1, 0.15) is 38.7 Å². The van der Waals surface area contributed by atoms with Crippen molar-refractivity contribution in [1.82, 2.24) is 9.69 Å². The highest BCUT2D eigenvalue weighted by Gasteiger charge is 2.36. The second kappa shape index (κ2) is 12.7. The molecule has 0 unspecified atom stereocenters. The number of methoxy groups -OCH3 is 2. The fourth-order valence-corrected chi connectivity index (χ4v) is 4.31. The van der Waals surface area contributed by atoms with Crippen molar-refractivity contribution in [3.8, 4) is 11.5 Å². The number of hydrogen-bond donors (Lipinski definition) is 3.